The predicted octanol–water partition coefficient (Wildman–Crippen LogP) is 3.15. The second-order valence-electron chi connectivity index (χ2n) is 7.51. The largest absolute Gasteiger partial charge is 0.491 e. The number of pyridine rings is 2. The number of β-amino-alcohol motifs (C(OH)–C–C–N with tert-alkyl or cyclic N) is 1. The van der Waals surface area contributed by atoms with E-state index in [1.165, 1.54) is 0 Å². The van der Waals surface area contributed by atoms with Gasteiger partial charge in [0.1, 0.15) is 18.0 Å². The fourth-order valence-electron chi connectivity index (χ4n) is 3.97. The third-order valence-corrected chi connectivity index (χ3v) is 5.51. The molecule has 7 nitrogen and oxygen atoms in total. The van der Waals surface area contributed by atoms with Crippen LogP contribution in [0.4, 0.5) is 5.69 Å². The van der Waals surface area contributed by atoms with E-state index in [9.17, 15) is 5.11 Å². The van der Waals surface area contributed by atoms with Crippen LogP contribution in [0.3, 0.4) is 0 Å². The summed E-state index contributed by atoms with van der Waals surface area (Å²) in [6.07, 6.45) is 4.31. The SMILES string of the molecule is COCCOc1ccn2c(-c3ccc4cccc(N5CC[C@@H](O)C5)c4n3)cnc2c1. The maximum atomic E-state index is 9.96. The summed E-state index contributed by atoms with van der Waals surface area (Å²) in [5.74, 6) is 0.762. The quantitative estimate of drug-likeness (QED) is 0.498. The Hall–Kier alpha value is -3.16. The van der Waals surface area contributed by atoms with Crippen LogP contribution in [0.2, 0.25) is 0 Å². The van der Waals surface area contributed by atoms with Gasteiger partial charge in [-0.1, -0.05) is 18.2 Å². The lowest BCUT2D eigenvalue weighted by Crippen LogP contribution is -2.21. The molecule has 1 aliphatic rings. The zero-order valence-corrected chi connectivity index (χ0v) is 16.9. The van der Waals surface area contributed by atoms with Crippen molar-refractivity contribution in [2.75, 3.05) is 38.3 Å². The number of imidazole rings is 1. The monoisotopic (exact) mass is 404 g/mol. The molecule has 1 fully saturated rings. The number of methoxy groups -OCH3 is 1. The van der Waals surface area contributed by atoms with E-state index >= 15 is 0 Å². The number of fused-ring (bicyclic) bond motifs is 2. The van der Waals surface area contributed by atoms with E-state index in [0.29, 0.717) is 19.8 Å². The molecule has 0 bridgehead atoms. The number of rotatable bonds is 6. The Labute approximate surface area is 174 Å². The first-order chi connectivity index (χ1) is 14.7. The molecule has 154 valence electrons. The molecular weight excluding hydrogens is 380 g/mol. The minimum absolute atomic E-state index is 0.275. The van der Waals surface area contributed by atoms with E-state index < -0.39 is 0 Å². The molecule has 0 spiro atoms. The summed E-state index contributed by atoms with van der Waals surface area (Å²) in [7, 11) is 1.65. The molecule has 4 heterocycles. The van der Waals surface area contributed by atoms with Crippen LogP contribution in [0.25, 0.3) is 27.9 Å². The fraction of sp³-hybridized carbons (Fsp3) is 0.304. The van der Waals surface area contributed by atoms with Gasteiger partial charge in [0.2, 0.25) is 0 Å². The molecule has 0 aliphatic carbocycles. The fourth-order valence-corrected chi connectivity index (χ4v) is 3.97. The number of hydrogen-bond donors (Lipinski definition) is 1. The summed E-state index contributed by atoms with van der Waals surface area (Å²) in [5.41, 5.74) is 4.59. The lowest BCUT2D eigenvalue weighted by atomic mass is 10.1. The molecule has 1 N–H and O–H groups in total. The zero-order valence-electron chi connectivity index (χ0n) is 16.9. The van der Waals surface area contributed by atoms with E-state index in [-0.39, 0.29) is 6.10 Å². The van der Waals surface area contributed by atoms with Crippen LogP contribution in [-0.2, 0) is 4.74 Å². The van der Waals surface area contributed by atoms with Crippen LogP contribution in [0.5, 0.6) is 5.75 Å². The molecule has 0 radical (unpaired) electrons. The predicted molar refractivity (Wildman–Crippen MR) is 116 cm³/mol. The Bertz CT molecular complexity index is 1190. The summed E-state index contributed by atoms with van der Waals surface area (Å²) in [5, 5.41) is 11.0. The van der Waals surface area contributed by atoms with Gasteiger partial charge in [-0.2, -0.15) is 0 Å². The number of para-hydroxylation sites is 1. The van der Waals surface area contributed by atoms with Gasteiger partial charge < -0.3 is 19.5 Å². The van der Waals surface area contributed by atoms with Crippen molar-refractivity contribution in [1.82, 2.24) is 14.4 Å². The minimum Gasteiger partial charge on any atom is -0.491 e. The lowest BCUT2D eigenvalue weighted by molar-refractivity contribution is 0.146. The van der Waals surface area contributed by atoms with Gasteiger partial charge in [-0.15, -0.1) is 0 Å². The first-order valence-corrected chi connectivity index (χ1v) is 10.1. The van der Waals surface area contributed by atoms with E-state index in [2.05, 4.69) is 28.1 Å². The summed E-state index contributed by atoms with van der Waals surface area (Å²) >= 11 is 0. The standard InChI is InChI=1S/C23H24N4O3/c1-29-11-12-30-18-8-10-27-21(14-24-22(27)13-18)19-6-5-16-3-2-4-20(23(16)25-19)26-9-7-17(28)15-26/h2-6,8,10,13-14,17,28H,7,9,11-12,15H2,1H3/t17-/m1/s1. The van der Waals surface area contributed by atoms with Crippen LogP contribution < -0.4 is 9.64 Å². The number of aliphatic hydroxyl groups is 1. The van der Waals surface area contributed by atoms with Crippen molar-refractivity contribution < 1.29 is 14.6 Å². The van der Waals surface area contributed by atoms with Crippen LogP contribution in [0.15, 0.2) is 54.9 Å². The average molecular weight is 404 g/mol. The van der Waals surface area contributed by atoms with E-state index in [0.717, 1.165) is 52.3 Å². The topological polar surface area (TPSA) is 72.1 Å². The van der Waals surface area contributed by atoms with Crippen LogP contribution in [0.1, 0.15) is 6.42 Å². The van der Waals surface area contributed by atoms with Crippen molar-refractivity contribution in [2.24, 2.45) is 0 Å². The average Bonchev–Trinajstić information content (AvgIpc) is 3.39. The number of aliphatic hydroxyl groups excluding tert-OH is 1. The smallest absolute Gasteiger partial charge is 0.140 e. The summed E-state index contributed by atoms with van der Waals surface area (Å²) in [4.78, 5) is 11.7. The minimum atomic E-state index is -0.275. The second kappa shape index (κ2) is 7.93. The molecule has 30 heavy (non-hydrogen) atoms. The van der Waals surface area contributed by atoms with Crippen LogP contribution in [-0.4, -0.2) is 59.0 Å². The number of ether oxygens (including phenoxy) is 2. The van der Waals surface area contributed by atoms with E-state index in [1.807, 2.05) is 41.1 Å². The number of nitrogens with zero attached hydrogens (tertiary/aromatic N) is 4. The van der Waals surface area contributed by atoms with Gasteiger partial charge in [0.05, 0.1) is 41.5 Å². The third-order valence-electron chi connectivity index (χ3n) is 5.51. The van der Waals surface area contributed by atoms with Crippen molar-refractivity contribution in [1.29, 1.82) is 0 Å². The van der Waals surface area contributed by atoms with Gasteiger partial charge in [0.25, 0.3) is 0 Å². The number of aromatic nitrogens is 3. The van der Waals surface area contributed by atoms with Gasteiger partial charge in [0, 0.05) is 37.8 Å². The van der Waals surface area contributed by atoms with Gasteiger partial charge in [0.15, 0.2) is 0 Å². The molecule has 0 unspecified atom stereocenters. The molecule has 1 aromatic carbocycles. The Kier molecular flexibility index (Phi) is 4.98. The summed E-state index contributed by atoms with van der Waals surface area (Å²) < 4.78 is 12.7. The Balaban J connectivity index is 1.52. The van der Waals surface area contributed by atoms with Gasteiger partial charge in [-0.25, -0.2) is 9.97 Å². The van der Waals surface area contributed by atoms with Crippen LogP contribution >= 0.6 is 0 Å². The highest BCUT2D eigenvalue weighted by molar-refractivity contribution is 5.92. The maximum Gasteiger partial charge on any atom is 0.140 e. The number of anilines is 1. The van der Waals surface area contributed by atoms with Crippen molar-refractivity contribution in [3.8, 4) is 17.1 Å². The number of benzene rings is 1. The van der Waals surface area contributed by atoms with Crippen molar-refractivity contribution in [2.45, 2.75) is 12.5 Å². The van der Waals surface area contributed by atoms with Crippen molar-refractivity contribution in [3.63, 3.8) is 0 Å². The normalized spacial score (nSPS) is 16.6. The van der Waals surface area contributed by atoms with E-state index in [1.54, 1.807) is 7.11 Å². The molecule has 1 aliphatic heterocycles. The van der Waals surface area contributed by atoms with Gasteiger partial charge >= 0.3 is 0 Å². The molecule has 3 aromatic heterocycles. The Morgan fingerprint density at radius 2 is 2.10 bits per heavy atom. The zero-order chi connectivity index (χ0) is 20.5. The maximum absolute atomic E-state index is 9.96. The molecular formula is C23H24N4O3. The van der Waals surface area contributed by atoms with Gasteiger partial charge in [-0.05, 0) is 24.6 Å². The van der Waals surface area contributed by atoms with Crippen LogP contribution in [0, 0.1) is 0 Å². The second-order valence-corrected chi connectivity index (χ2v) is 7.51. The molecule has 7 heteroatoms. The van der Waals surface area contributed by atoms with Crippen molar-refractivity contribution >= 4 is 22.2 Å². The van der Waals surface area contributed by atoms with Crippen molar-refractivity contribution in [3.05, 3.63) is 54.9 Å². The summed E-state index contributed by atoms with van der Waals surface area (Å²) in [6.45, 7) is 2.53. The summed E-state index contributed by atoms with van der Waals surface area (Å²) in [6, 6.07) is 14.1. The number of hydrogen-bond acceptors (Lipinski definition) is 6. The van der Waals surface area contributed by atoms with Gasteiger partial charge in [-0.3, -0.25) is 4.40 Å². The highest BCUT2D eigenvalue weighted by Gasteiger charge is 2.22. The Morgan fingerprint density at radius 3 is 2.93 bits per heavy atom. The molecule has 1 saturated heterocycles. The highest BCUT2D eigenvalue weighted by Crippen LogP contribution is 2.31. The molecule has 0 saturated carbocycles. The molecule has 4 aromatic rings. The third kappa shape index (κ3) is 3.46. The Morgan fingerprint density at radius 1 is 1.17 bits per heavy atom. The first kappa shape index (κ1) is 18.8. The molecule has 5 rings (SSSR count). The first-order valence-electron chi connectivity index (χ1n) is 10.1. The van der Waals surface area contributed by atoms with E-state index in [4.69, 9.17) is 14.5 Å². The lowest BCUT2D eigenvalue weighted by Gasteiger charge is -2.19. The molecule has 1 atom stereocenters. The highest BCUT2D eigenvalue weighted by atomic mass is 16.5. The molecule has 0 amide bonds.